The minimum atomic E-state index is 0.000817. The van der Waals surface area contributed by atoms with Crippen LogP contribution in [0.3, 0.4) is 0 Å². The van der Waals surface area contributed by atoms with E-state index in [1.807, 2.05) is 12.2 Å². The third kappa shape index (κ3) is 5.15. The van der Waals surface area contributed by atoms with Gasteiger partial charge in [0.25, 0.3) is 0 Å². The maximum absolute atomic E-state index is 6.53. The third-order valence-corrected chi connectivity index (χ3v) is 4.06. The Bertz CT molecular complexity index is 400. The van der Waals surface area contributed by atoms with Crippen LogP contribution in [0.2, 0.25) is 0 Å². The molecule has 0 saturated heterocycles. The topological polar surface area (TPSA) is 3.24 Å². The molecule has 0 radical (unpaired) electrons. The highest BCUT2D eigenvalue weighted by atomic mass is 35.5. The molecule has 0 fully saturated rings. The van der Waals surface area contributed by atoms with Crippen molar-refractivity contribution in [2.24, 2.45) is 0 Å². The molecule has 2 heteroatoms. The van der Waals surface area contributed by atoms with Crippen LogP contribution in [-0.4, -0.2) is 24.5 Å². The summed E-state index contributed by atoms with van der Waals surface area (Å²) < 4.78 is 0. The molecule has 2 unspecified atom stereocenters. The first-order valence-corrected chi connectivity index (χ1v) is 7.74. The van der Waals surface area contributed by atoms with Gasteiger partial charge in [0.15, 0.2) is 0 Å². The van der Waals surface area contributed by atoms with E-state index in [0.717, 1.165) is 26.1 Å². The molecule has 0 aliphatic rings. The highest BCUT2D eigenvalue weighted by Gasteiger charge is 2.12. The predicted molar refractivity (Wildman–Crippen MR) is 90.6 cm³/mol. The lowest BCUT2D eigenvalue weighted by atomic mass is 9.97. The van der Waals surface area contributed by atoms with Gasteiger partial charge in [-0.05, 0) is 23.5 Å². The summed E-state index contributed by atoms with van der Waals surface area (Å²) in [6, 6.07) is 8.70. The number of rotatable bonds is 9. The van der Waals surface area contributed by atoms with E-state index in [9.17, 15) is 0 Å². The van der Waals surface area contributed by atoms with Gasteiger partial charge < -0.3 is 0 Å². The van der Waals surface area contributed by atoms with E-state index in [2.05, 4.69) is 56.2 Å². The first-order chi connectivity index (χ1) is 9.62. The van der Waals surface area contributed by atoms with E-state index in [1.165, 1.54) is 11.1 Å². The highest BCUT2D eigenvalue weighted by Crippen LogP contribution is 2.25. The molecular weight excluding hydrogens is 266 g/mol. The monoisotopic (exact) mass is 291 g/mol. The zero-order valence-corrected chi connectivity index (χ0v) is 13.4. The van der Waals surface area contributed by atoms with Crippen LogP contribution >= 0.6 is 11.6 Å². The summed E-state index contributed by atoms with van der Waals surface area (Å²) in [4.78, 5) is 2.24. The van der Waals surface area contributed by atoms with Crippen molar-refractivity contribution >= 4 is 11.6 Å². The van der Waals surface area contributed by atoms with Crippen LogP contribution in [0, 0.1) is 0 Å². The third-order valence-electron chi connectivity index (χ3n) is 3.67. The highest BCUT2D eigenvalue weighted by molar-refractivity contribution is 6.21. The smallest absolute Gasteiger partial charge is 0.0712 e. The zero-order valence-electron chi connectivity index (χ0n) is 12.7. The molecule has 0 aromatic heterocycles. The average molecular weight is 292 g/mol. The molecule has 0 saturated carbocycles. The fourth-order valence-corrected chi connectivity index (χ4v) is 2.53. The van der Waals surface area contributed by atoms with Gasteiger partial charge in [-0.1, -0.05) is 50.3 Å². The SMILES string of the molecule is C=CCN(CC=C)CC(Cl)c1ccc(C(C)CC)cc1. The van der Waals surface area contributed by atoms with Gasteiger partial charge in [-0.25, -0.2) is 0 Å². The van der Waals surface area contributed by atoms with Gasteiger partial charge in [-0.2, -0.15) is 0 Å². The second-order valence-corrected chi connectivity index (χ2v) is 5.77. The zero-order chi connectivity index (χ0) is 15.0. The number of halogens is 1. The molecule has 0 spiro atoms. The van der Waals surface area contributed by atoms with Gasteiger partial charge in [0.05, 0.1) is 5.38 Å². The van der Waals surface area contributed by atoms with Crippen molar-refractivity contribution in [1.29, 1.82) is 0 Å². The van der Waals surface area contributed by atoms with Crippen LogP contribution in [0.5, 0.6) is 0 Å². The molecule has 2 atom stereocenters. The molecule has 0 aliphatic carbocycles. The van der Waals surface area contributed by atoms with Crippen molar-refractivity contribution in [1.82, 2.24) is 4.90 Å². The van der Waals surface area contributed by atoms with Crippen molar-refractivity contribution in [3.63, 3.8) is 0 Å². The van der Waals surface area contributed by atoms with Gasteiger partial charge in [-0.15, -0.1) is 24.8 Å². The van der Waals surface area contributed by atoms with Gasteiger partial charge in [-0.3, -0.25) is 4.90 Å². The maximum atomic E-state index is 6.53. The molecule has 0 N–H and O–H groups in total. The molecule has 0 aliphatic heterocycles. The van der Waals surface area contributed by atoms with E-state index in [-0.39, 0.29) is 5.38 Å². The van der Waals surface area contributed by atoms with Crippen molar-refractivity contribution in [3.05, 3.63) is 60.7 Å². The lowest BCUT2D eigenvalue weighted by Gasteiger charge is -2.22. The number of benzene rings is 1. The second-order valence-electron chi connectivity index (χ2n) is 5.24. The standard InChI is InChI=1S/C18H26ClN/c1-5-12-20(13-6-2)14-18(19)17-10-8-16(9-11-17)15(4)7-3/h5-6,8-11,15,18H,1-2,7,12-14H2,3-4H3. The van der Waals surface area contributed by atoms with Gasteiger partial charge in [0.2, 0.25) is 0 Å². The van der Waals surface area contributed by atoms with Crippen LogP contribution < -0.4 is 0 Å². The molecule has 1 aromatic carbocycles. The van der Waals surface area contributed by atoms with Crippen LogP contribution in [-0.2, 0) is 0 Å². The van der Waals surface area contributed by atoms with Crippen molar-refractivity contribution in [3.8, 4) is 0 Å². The van der Waals surface area contributed by atoms with E-state index >= 15 is 0 Å². The summed E-state index contributed by atoms with van der Waals surface area (Å²) in [6.07, 6.45) is 4.97. The van der Waals surface area contributed by atoms with Gasteiger partial charge >= 0.3 is 0 Å². The fourth-order valence-electron chi connectivity index (χ4n) is 2.19. The summed E-state index contributed by atoms with van der Waals surface area (Å²) in [6.45, 7) is 14.5. The molecule has 110 valence electrons. The number of hydrogen-bond acceptors (Lipinski definition) is 1. The Kier molecular flexibility index (Phi) is 7.64. The lowest BCUT2D eigenvalue weighted by molar-refractivity contribution is 0.335. The van der Waals surface area contributed by atoms with Crippen LogP contribution in [0.1, 0.15) is 42.7 Å². The normalized spacial score (nSPS) is 14.0. The van der Waals surface area contributed by atoms with Crippen LogP contribution in [0.15, 0.2) is 49.6 Å². The molecular formula is C18H26ClN. The number of nitrogens with zero attached hydrogens (tertiary/aromatic N) is 1. The Hall–Kier alpha value is -1.05. The van der Waals surface area contributed by atoms with Gasteiger partial charge in [0, 0.05) is 19.6 Å². The molecule has 0 heterocycles. The predicted octanol–water partition coefficient (Wildman–Crippen LogP) is 5.15. The van der Waals surface area contributed by atoms with Gasteiger partial charge in [0.1, 0.15) is 0 Å². The minimum absolute atomic E-state index is 0.000817. The number of alkyl halides is 1. The summed E-state index contributed by atoms with van der Waals surface area (Å²) in [5.74, 6) is 0.607. The lowest BCUT2D eigenvalue weighted by Crippen LogP contribution is -2.27. The molecule has 20 heavy (non-hydrogen) atoms. The summed E-state index contributed by atoms with van der Waals surface area (Å²) in [5, 5.41) is 0.000817. The fraction of sp³-hybridized carbons (Fsp3) is 0.444. The molecule has 0 amide bonds. The summed E-state index contributed by atoms with van der Waals surface area (Å²) in [5.41, 5.74) is 2.56. The second kappa shape index (κ2) is 8.99. The van der Waals surface area contributed by atoms with Crippen LogP contribution in [0.4, 0.5) is 0 Å². The largest absolute Gasteiger partial charge is 0.294 e. The van der Waals surface area contributed by atoms with E-state index in [0.29, 0.717) is 5.92 Å². The average Bonchev–Trinajstić information content (AvgIpc) is 2.47. The summed E-state index contributed by atoms with van der Waals surface area (Å²) in [7, 11) is 0. The Morgan fingerprint density at radius 1 is 1.10 bits per heavy atom. The van der Waals surface area contributed by atoms with Crippen LogP contribution in [0.25, 0.3) is 0 Å². The van der Waals surface area contributed by atoms with E-state index in [1.54, 1.807) is 0 Å². The Balaban J connectivity index is 2.68. The number of hydrogen-bond donors (Lipinski definition) is 0. The van der Waals surface area contributed by atoms with Crippen molar-refractivity contribution in [2.75, 3.05) is 19.6 Å². The minimum Gasteiger partial charge on any atom is -0.294 e. The Morgan fingerprint density at radius 2 is 1.60 bits per heavy atom. The maximum Gasteiger partial charge on any atom is 0.0712 e. The molecule has 1 aromatic rings. The Morgan fingerprint density at radius 3 is 2.05 bits per heavy atom. The summed E-state index contributed by atoms with van der Waals surface area (Å²) >= 11 is 6.53. The first-order valence-electron chi connectivity index (χ1n) is 7.30. The quantitative estimate of drug-likeness (QED) is 0.449. The molecule has 0 bridgehead atoms. The van der Waals surface area contributed by atoms with Crippen molar-refractivity contribution < 1.29 is 0 Å². The molecule has 1 rings (SSSR count). The van der Waals surface area contributed by atoms with E-state index in [4.69, 9.17) is 11.6 Å². The molecule has 1 nitrogen and oxygen atoms in total. The first kappa shape index (κ1) is 17.0. The van der Waals surface area contributed by atoms with Crippen molar-refractivity contribution in [2.45, 2.75) is 31.6 Å². The van der Waals surface area contributed by atoms with E-state index < -0.39 is 0 Å². The Labute approximate surface area is 128 Å².